The highest BCUT2D eigenvalue weighted by Gasteiger charge is 2.28. The number of aryl methyl sites for hydroxylation is 1. The normalized spacial score (nSPS) is 19.3. The summed E-state index contributed by atoms with van der Waals surface area (Å²) in [4.78, 5) is 0. The van der Waals surface area contributed by atoms with Crippen LogP contribution in [0.25, 0.3) is 0 Å². The van der Waals surface area contributed by atoms with Crippen molar-refractivity contribution in [3.05, 3.63) is 12.4 Å². The Morgan fingerprint density at radius 1 is 1.53 bits per heavy atom. The standard InChI is InChI=1S/C11H20N4/c1-15-9-10(8-14-15)13-7-6-11(12)4-2-3-5-11/h8-9,13H,2-7,12H2,1H3. The molecule has 0 saturated heterocycles. The Balaban J connectivity index is 1.75. The maximum absolute atomic E-state index is 6.27. The molecule has 0 amide bonds. The monoisotopic (exact) mass is 208 g/mol. The summed E-state index contributed by atoms with van der Waals surface area (Å²) in [6.07, 6.45) is 9.84. The number of anilines is 1. The molecule has 1 aromatic rings. The fourth-order valence-electron chi connectivity index (χ4n) is 2.30. The van der Waals surface area contributed by atoms with Crippen molar-refractivity contribution >= 4 is 5.69 Å². The Bertz CT molecular complexity index is 312. The van der Waals surface area contributed by atoms with E-state index >= 15 is 0 Å². The molecule has 0 atom stereocenters. The third-order valence-electron chi connectivity index (χ3n) is 3.26. The second-order valence-electron chi connectivity index (χ2n) is 4.65. The molecule has 2 rings (SSSR count). The van der Waals surface area contributed by atoms with E-state index in [4.69, 9.17) is 5.73 Å². The molecule has 15 heavy (non-hydrogen) atoms. The van der Waals surface area contributed by atoms with Gasteiger partial charge in [0.05, 0.1) is 11.9 Å². The maximum Gasteiger partial charge on any atom is 0.0726 e. The zero-order chi connectivity index (χ0) is 10.7. The minimum absolute atomic E-state index is 0.0925. The van der Waals surface area contributed by atoms with E-state index in [1.807, 2.05) is 19.4 Å². The van der Waals surface area contributed by atoms with E-state index in [1.54, 1.807) is 4.68 Å². The molecule has 0 bridgehead atoms. The van der Waals surface area contributed by atoms with E-state index < -0.39 is 0 Å². The molecule has 0 unspecified atom stereocenters. The average Bonchev–Trinajstić information content (AvgIpc) is 2.76. The summed E-state index contributed by atoms with van der Waals surface area (Å²) in [6.45, 7) is 0.947. The molecular weight excluding hydrogens is 188 g/mol. The number of rotatable bonds is 4. The number of nitrogens with one attached hydrogen (secondary N) is 1. The first-order valence-electron chi connectivity index (χ1n) is 5.69. The van der Waals surface area contributed by atoms with Gasteiger partial charge in [-0.05, 0) is 19.3 Å². The fraction of sp³-hybridized carbons (Fsp3) is 0.727. The molecular formula is C11H20N4. The van der Waals surface area contributed by atoms with E-state index in [0.29, 0.717) is 0 Å². The summed E-state index contributed by atoms with van der Waals surface area (Å²) < 4.78 is 1.80. The van der Waals surface area contributed by atoms with Crippen molar-refractivity contribution in [2.75, 3.05) is 11.9 Å². The number of hydrogen-bond acceptors (Lipinski definition) is 3. The van der Waals surface area contributed by atoms with Crippen molar-refractivity contribution in [1.82, 2.24) is 9.78 Å². The highest BCUT2D eigenvalue weighted by molar-refractivity contribution is 5.37. The predicted octanol–water partition coefficient (Wildman–Crippen LogP) is 1.49. The summed E-state index contributed by atoms with van der Waals surface area (Å²) in [7, 11) is 1.92. The van der Waals surface area contributed by atoms with E-state index in [2.05, 4.69) is 10.4 Å². The molecule has 0 radical (unpaired) electrons. The van der Waals surface area contributed by atoms with Gasteiger partial charge in [0.25, 0.3) is 0 Å². The first-order valence-corrected chi connectivity index (χ1v) is 5.69. The van der Waals surface area contributed by atoms with Crippen LogP contribution in [-0.4, -0.2) is 21.9 Å². The summed E-state index contributed by atoms with van der Waals surface area (Å²) in [6, 6.07) is 0. The fourth-order valence-corrected chi connectivity index (χ4v) is 2.30. The Morgan fingerprint density at radius 2 is 2.27 bits per heavy atom. The molecule has 1 fully saturated rings. The molecule has 1 saturated carbocycles. The van der Waals surface area contributed by atoms with Crippen LogP contribution in [0.4, 0.5) is 5.69 Å². The van der Waals surface area contributed by atoms with Gasteiger partial charge in [0.15, 0.2) is 0 Å². The molecule has 4 nitrogen and oxygen atoms in total. The average molecular weight is 208 g/mol. The molecule has 4 heteroatoms. The topological polar surface area (TPSA) is 55.9 Å². The van der Waals surface area contributed by atoms with Crippen molar-refractivity contribution in [2.45, 2.75) is 37.6 Å². The van der Waals surface area contributed by atoms with Gasteiger partial charge in [-0.3, -0.25) is 4.68 Å². The lowest BCUT2D eigenvalue weighted by atomic mass is 9.95. The predicted molar refractivity (Wildman–Crippen MR) is 61.7 cm³/mol. The van der Waals surface area contributed by atoms with Crippen LogP contribution in [0.2, 0.25) is 0 Å². The minimum Gasteiger partial charge on any atom is -0.382 e. The van der Waals surface area contributed by atoms with Crippen molar-refractivity contribution in [3.8, 4) is 0 Å². The van der Waals surface area contributed by atoms with E-state index in [0.717, 1.165) is 18.7 Å². The molecule has 0 spiro atoms. The minimum atomic E-state index is 0.0925. The first-order chi connectivity index (χ1) is 7.18. The van der Waals surface area contributed by atoms with Gasteiger partial charge in [0.1, 0.15) is 0 Å². The SMILES string of the molecule is Cn1cc(NCCC2(N)CCCC2)cn1. The second kappa shape index (κ2) is 4.23. The lowest BCUT2D eigenvalue weighted by Gasteiger charge is -2.23. The summed E-state index contributed by atoms with van der Waals surface area (Å²) in [5.74, 6) is 0. The second-order valence-corrected chi connectivity index (χ2v) is 4.65. The number of nitrogens with two attached hydrogens (primary N) is 1. The van der Waals surface area contributed by atoms with E-state index in [9.17, 15) is 0 Å². The summed E-state index contributed by atoms with van der Waals surface area (Å²) >= 11 is 0. The largest absolute Gasteiger partial charge is 0.382 e. The zero-order valence-electron chi connectivity index (χ0n) is 9.37. The van der Waals surface area contributed by atoms with Crippen LogP contribution in [0.5, 0.6) is 0 Å². The van der Waals surface area contributed by atoms with Crippen LogP contribution >= 0.6 is 0 Å². The van der Waals surface area contributed by atoms with Crippen molar-refractivity contribution in [2.24, 2.45) is 12.8 Å². The molecule has 0 aliphatic heterocycles. The van der Waals surface area contributed by atoms with Crippen LogP contribution in [-0.2, 0) is 7.05 Å². The molecule has 1 aliphatic carbocycles. The summed E-state index contributed by atoms with van der Waals surface area (Å²) in [5, 5.41) is 7.46. The van der Waals surface area contributed by atoms with Gasteiger partial charge in [-0.2, -0.15) is 5.10 Å². The Labute approximate surface area is 90.8 Å². The molecule has 0 aromatic carbocycles. The molecule has 84 valence electrons. The smallest absolute Gasteiger partial charge is 0.0726 e. The third-order valence-corrected chi connectivity index (χ3v) is 3.26. The highest BCUT2D eigenvalue weighted by Crippen LogP contribution is 2.29. The van der Waals surface area contributed by atoms with E-state index in [-0.39, 0.29) is 5.54 Å². The van der Waals surface area contributed by atoms with Crippen molar-refractivity contribution in [1.29, 1.82) is 0 Å². The Hall–Kier alpha value is -1.03. The number of hydrogen-bond donors (Lipinski definition) is 2. The molecule has 1 aliphatic rings. The van der Waals surface area contributed by atoms with Crippen molar-refractivity contribution < 1.29 is 0 Å². The number of aromatic nitrogens is 2. The number of nitrogens with zero attached hydrogens (tertiary/aromatic N) is 2. The van der Waals surface area contributed by atoms with Gasteiger partial charge in [0.2, 0.25) is 0 Å². The molecule has 3 N–H and O–H groups in total. The first kappa shape index (κ1) is 10.5. The van der Waals surface area contributed by atoms with Crippen LogP contribution in [0.1, 0.15) is 32.1 Å². The van der Waals surface area contributed by atoms with Crippen LogP contribution < -0.4 is 11.1 Å². The highest BCUT2D eigenvalue weighted by atomic mass is 15.3. The van der Waals surface area contributed by atoms with Crippen LogP contribution in [0.3, 0.4) is 0 Å². The lowest BCUT2D eigenvalue weighted by molar-refractivity contribution is 0.416. The van der Waals surface area contributed by atoms with Gasteiger partial charge in [-0.1, -0.05) is 12.8 Å². The molecule has 1 aromatic heterocycles. The van der Waals surface area contributed by atoms with Gasteiger partial charge >= 0.3 is 0 Å². The quantitative estimate of drug-likeness (QED) is 0.788. The van der Waals surface area contributed by atoms with Gasteiger partial charge in [-0.15, -0.1) is 0 Å². The third kappa shape index (κ3) is 2.72. The van der Waals surface area contributed by atoms with Crippen LogP contribution in [0.15, 0.2) is 12.4 Å². The van der Waals surface area contributed by atoms with Gasteiger partial charge in [-0.25, -0.2) is 0 Å². The zero-order valence-corrected chi connectivity index (χ0v) is 9.37. The maximum atomic E-state index is 6.27. The van der Waals surface area contributed by atoms with Crippen LogP contribution in [0, 0.1) is 0 Å². The van der Waals surface area contributed by atoms with E-state index in [1.165, 1.54) is 25.7 Å². The van der Waals surface area contributed by atoms with Crippen molar-refractivity contribution in [3.63, 3.8) is 0 Å². The lowest BCUT2D eigenvalue weighted by Crippen LogP contribution is -2.38. The molecule has 1 heterocycles. The Kier molecular flexibility index (Phi) is 2.95. The Morgan fingerprint density at radius 3 is 2.87 bits per heavy atom. The van der Waals surface area contributed by atoms with Gasteiger partial charge < -0.3 is 11.1 Å². The summed E-state index contributed by atoms with van der Waals surface area (Å²) in [5.41, 5.74) is 7.44. The van der Waals surface area contributed by atoms with Gasteiger partial charge in [0, 0.05) is 25.3 Å².